The number of rotatable bonds is 6. The second-order valence-corrected chi connectivity index (χ2v) is 5.24. The van der Waals surface area contributed by atoms with Crippen LogP contribution in [0.5, 0.6) is 5.75 Å². The first kappa shape index (κ1) is 16.4. The minimum absolute atomic E-state index is 0.105. The predicted molar refractivity (Wildman–Crippen MR) is 91.5 cm³/mol. The van der Waals surface area contributed by atoms with Crippen molar-refractivity contribution in [3.05, 3.63) is 66.1 Å². The molecule has 126 valence electrons. The van der Waals surface area contributed by atoms with E-state index in [-0.39, 0.29) is 18.0 Å². The summed E-state index contributed by atoms with van der Waals surface area (Å²) in [6, 6.07) is 12.0. The number of amides is 1. The molecule has 3 aromatic rings. The standard InChI is InChI=1S/C18H16N4O3/c1-25-14-6-4-12(5-7-14)17(23)11-20-18(24)16-9-15(21-22-16)13-3-2-8-19-10-13/h2-10H,11H2,1H3,(H,20,24)(H,21,22). The Balaban J connectivity index is 1.60. The van der Waals surface area contributed by atoms with Crippen LogP contribution < -0.4 is 10.1 Å². The van der Waals surface area contributed by atoms with Gasteiger partial charge in [-0.1, -0.05) is 0 Å². The van der Waals surface area contributed by atoms with E-state index in [1.807, 2.05) is 6.07 Å². The molecule has 0 unspecified atom stereocenters. The molecular weight excluding hydrogens is 320 g/mol. The Kier molecular flexibility index (Phi) is 4.84. The molecule has 0 radical (unpaired) electrons. The zero-order chi connectivity index (χ0) is 17.6. The first-order valence-corrected chi connectivity index (χ1v) is 7.58. The molecule has 0 saturated carbocycles. The molecule has 0 bridgehead atoms. The van der Waals surface area contributed by atoms with Crippen LogP contribution in [0.1, 0.15) is 20.8 Å². The van der Waals surface area contributed by atoms with Gasteiger partial charge in [-0.15, -0.1) is 0 Å². The van der Waals surface area contributed by atoms with Gasteiger partial charge in [-0.25, -0.2) is 0 Å². The molecular formula is C18H16N4O3. The third-order valence-electron chi connectivity index (χ3n) is 3.60. The van der Waals surface area contributed by atoms with E-state index < -0.39 is 5.91 Å². The maximum absolute atomic E-state index is 12.2. The number of pyridine rings is 1. The molecule has 1 aromatic carbocycles. The molecule has 0 spiro atoms. The van der Waals surface area contributed by atoms with Crippen LogP contribution >= 0.6 is 0 Å². The zero-order valence-electron chi connectivity index (χ0n) is 13.5. The summed E-state index contributed by atoms with van der Waals surface area (Å²) in [6.45, 7) is -0.105. The van der Waals surface area contributed by atoms with Crippen LogP contribution in [0, 0.1) is 0 Å². The molecule has 0 aliphatic carbocycles. The van der Waals surface area contributed by atoms with Crippen LogP contribution in [0.3, 0.4) is 0 Å². The van der Waals surface area contributed by atoms with Crippen molar-refractivity contribution in [3.63, 3.8) is 0 Å². The lowest BCUT2D eigenvalue weighted by Gasteiger charge is -2.04. The zero-order valence-corrected chi connectivity index (χ0v) is 13.5. The van der Waals surface area contributed by atoms with Gasteiger partial charge >= 0.3 is 0 Å². The average Bonchev–Trinajstić information content (AvgIpc) is 3.17. The smallest absolute Gasteiger partial charge is 0.269 e. The summed E-state index contributed by atoms with van der Waals surface area (Å²) in [4.78, 5) is 28.3. The Bertz CT molecular complexity index is 873. The summed E-state index contributed by atoms with van der Waals surface area (Å²) in [5, 5.41) is 9.34. The van der Waals surface area contributed by atoms with E-state index in [4.69, 9.17) is 4.74 Å². The van der Waals surface area contributed by atoms with Gasteiger partial charge in [0.15, 0.2) is 5.78 Å². The van der Waals surface area contributed by atoms with Crippen molar-refractivity contribution in [1.29, 1.82) is 0 Å². The SMILES string of the molecule is COc1ccc(C(=O)CNC(=O)c2cc(-c3cccnc3)n[nH]2)cc1. The van der Waals surface area contributed by atoms with E-state index in [1.54, 1.807) is 55.9 Å². The highest BCUT2D eigenvalue weighted by Gasteiger charge is 2.13. The van der Waals surface area contributed by atoms with Crippen molar-refractivity contribution < 1.29 is 14.3 Å². The molecule has 0 atom stereocenters. The van der Waals surface area contributed by atoms with E-state index in [2.05, 4.69) is 20.5 Å². The molecule has 25 heavy (non-hydrogen) atoms. The van der Waals surface area contributed by atoms with E-state index >= 15 is 0 Å². The van der Waals surface area contributed by atoms with Crippen molar-refractivity contribution in [2.24, 2.45) is 0 Å². The summed E-state index contributed by atoms with van der Waals surface area (Å²) >= 11 is 0. The summed E-state index contributed by atoms with van der Waals surface area (Å²) < 4.78 is 5.05. The fourth-order valence-corrected chi connectivity index (χ4v) is 2.23. The van der Waals surface area contributed by atoms with E-state index in [0.29, 0.717) is 17.0 Å². The van der Waals surface area contributed by atoms with Gasteiger partial charge in [-0.2, -0.15) is 5.10 Å². The number of benzene rings is 1. The average molecular weight is 336 g/mol. The Morgan fingerprint density at radius 2 is 2.00 bits per heavy atom. The quantitative estimate of drug-likeness (QED) is 0.672. The molecule has 7 heteroatoms. The number of carbonyl (C=O) groups is 2. The maximum atomic E-state index is 12.2. The van der Waals surface area contributed by atoms with Gasteiger partial charge < -0.3 is 10.1 Å². The lowest BCUT2D eigenvalue weighted by Crippen LogP contribution is -2.29. The topological polar surface area (TPSA) is 97.0 Å². The second kappa shape index (κ2) is 7.39. The third kappa shape index (κ3) is 3.89. The minimum Gasteiger partial charge on any atom is -0.497 e. The van der Waals surface area contributed by atoms with Crippen molar-refractivity contribution in [3.8, 4) is 17.0 Å². The molecule has 3 rings (SSSR count). The molecule has 1 amide bonds. The Morgan fingerprint density at radius 3 is 2.68 bits per heavy atom. The van der Waals surface area contributed by atoms with Crippen LogP contribution in [0.4, 0.5) is 0 Å². The molecule has 0 aliphatic heterocycles. The van der Waals surface area contributed by atoms with Gasteiger partial charge in [0.1, 0.15) is 11.4 Å². The second-order valence-electron chi connectivity index (χ2n) is 5.24. The number of ketones is 1. The number of nitrogens with one attached hydrogen (secondary N) is 2. The number of aromatic nitrogens is 3. The van der Waals surface area contributed by atoms with Crippen LogP contribution in [0.2, 0.25) is 0 Å². The van der Waals surface area contributed by atoms with Gasteiger partial charge in [0.25, 0.3) is 5.91 Å². The van der Waals surface area contributed by atoms with Crippen molar-refractivity contribution >= 4 is 11.7 Å². The van der Waals surface area contributed by atoms with Crippen LogP contribution in [0.15, 0.2) is 54.9 Å². The summed E-state index contributed by atoms with van der Waals surface area (Å²) in [7, 11) is 1.56. The molecule has 2 heterocycles. The number of carbonyl (C=O) groups excluding carboxylic acids is 2. The van der Waals surface area contributed by atoms with Gasteiger partial charge in [0, 0.05) is 23.5 Å². The van der Waals surface area contributed by atoms with Crippen molar-refractivity contribution in [1.82, 2.24) is 20.5 Å². The number of aromatic amines is 1. The summed E-state index contributed by atoms with van der Waals surface area (Å²) in [6.07, 6.45) is 3.32. The molecule has 0 fully saturated rings. The minimum atomic E-state index is -0.399. The monoisotopic (exact) mass is 336 g/mol. The number of hydrogen-bond donors (Lipinski definition) is 2. The predicted octanol–water partition coefficient (Wildman–Crippen LogP) is 2.09. The Labute approximate surface area is 144 Å². The molecule has 7 nitrogen and oxygen atoms in total. The number of ether oxygens (including phenoxy) is 1. The fraction of sp³-hybridized carbons (Fsp3) is 0.111. The molecule has 2 N–H and O–H groups in total. The fourth-order valence-electron chi connectivity index (χ4n) is 2.23. The van der Waals surface area contributed by atoms with Gasteiger partial charge in [0.05, 0.1) is 19.3 Å². The van der Waals surface area contributed by atoms with E-state index in [9.17, 15) is 9.59 Å². The van der Waals surface area contributed by atoms with Crippen LogP contribution in [-0.2, 0) is 0 Å². The number of hydrogen-bond acceptors (Lipinski definition) is 5. The number of H-pyrrole nitrogens is 1. The normalized spacial score (nSPS) is 10.3. The van der Waals surface area contributed by atoms with Gasteiger partial charge in [0.2, 0.25) is 0 Å². The van der Waals surface area contributed by atoms with E-state index in [1.165, 1.54) is 0 Å². The molecule has 0 aliphatic rings. The number of Topliss-reactive ketones (excluding diaryl/α,β-unsaturated/α-hetero) is 1. The lowest BCUT2D eigenvalue weighted by atomic mass is 10.1. The largest absolute Gasteiger partial charge is 0.497 e. The molecule has 0 saturated heterocycles. The van der Waals surface area contributed by atoms with Gasteiger partial charge in [-0.05, 0) is 42.5 Å². The summed E-state index contributed by atoms with van der Waals surface area (Å²) in [5.74, 6) is 0.0773. The highest BCUT2D eigenvalue weighted by atomic mass is 16.5. The van der Waals surface area contributed by atoms with Crippen molar-refractivity contribution in [2.45, 2.75) is 0 Å². The van der Waals surface area contributed by atoms with Crippen molar-refractivity contribution in [2.75, 3.05) is 13.7 Å². The first-order chi connectivity index (χ1) is 12.2. The first-order valence-electron chi connectivity index (χ1n) is 7.58. The Hall–Kier alpha value is -3.48. The molecule has 2 aromatic heterocycles. The highest BCUT2D eigenvalue weighted by Crippen LogP contribution is 2.16. The highest BCUT2D eigenvalue weighted by molar-refractivity contribution is 6.01. The third-order valence-corrected chi connectivity index (χ3v) is 3.60. The number of nitrogens with zero attached hydrogens (tertiary/aromatic N) is 2. The maximum Gasteiger partial charge on any atom is 0.269 e. The van der Waals surface area contributed by atoms with Crippen LogP contribution in [-0.4, -0.2) is 40.5 Å². The summed E-state index contributed by atoms with van der Waals surface area (Å²) in [5.41, 5.74) is 2.19. The number of methoxy groups -OCH3 is 1. The Morgan fingerprint density at radius 1 is 1.20 bits per heavy atom. The lowest BCUT2D eigenvalue weighted by molar-refractivity contribution is 0.0901. The van der Waals surface area contributed by atoms with Crippen LogP contribution in [0.25, 0.3) is 11.3 Å². The van der Waals surface area contributed by atoms with E-state index in [0.717, 1.165) is 5.56 Å². The van der Waals surface area contributed by atoms with Gasteiger partial charge in [-0.3, -0.25) is 19.7 Å².